The Morgan fingerprint density at radius 2 is 1.05 bits per heavy atom. The third-order valence-corrected chi connectivity index (χ3v) is 9.49. The van der Waals surface area contributed by atoms with Gasteiger partial charge in [-0.3, -0.25) is 31.3 Å². The second kappa shape index (κ2) is 24.4. The van der Waals surface area contributed by atoms with Crippen molar-refractivity contribution < 1.29 is 29.3 Å². The van der Waals surface area contributed by atoms with Gasteiger partial charge in [0.2, 0.25) is 17.8 Å². The van der Waals surface area contributed by atoms with Gasteiger partial charge in [0, 0.05) is 25.2 Å². The predicted molar refractivity (Wildman–Crippen MR) is 218 cm³/mol. The molecule has 0 saturated carbocycles. The topological polar surface area (TPSA) is 183 Å². The molecule has 0 aliphatic carbocycles. The van der Waals surface area contributed by atoms with Gasteiger partial charge in [-0.25, -0.2) is 0 Å². The number of phenolic OH excluding ortho intramolecular Hbond substituents is 2. The first-order chi connectivity index (χ1) is 26.6. The van der Waals surface area contributed by atoms with E-state index in [1.807, 2.05) is 0 Å². The van der Waals surface area contributed by atoms with Crippen LogP contribution in [0.15, 0.2) is 36.4 Å². The molecule has 3 rings (SSSR count). The third kappa shape index (κ3) is 15.0. The lowest BCUT2D eigenvalue weighted by atomic mass is 9.96. The van der Waals surface area contributed by atoms with Crippen molar-refractivity contribution in [3.63, 3.8) is 0 Å². The van der Waals surface area contributed by atoms with Crippen molar-refractivity contribution in [2.24, 2.45) is 11.8 Å². The normalized spacial score (nSPS) is 12.0. The lowest BCUT2D eigenvalue weighted by Crippen LogP contribution is -2.37. The van der Waals surface area contributed by atoms with Gasteiger partial charge in [0.05, 0.1) is 24.3 Å². The Kier molecular flexibility index (Phi) is 19.7. The van der Waals surface area contributed by atoms with E-state index in [-0.39, 0.29) is 34.5 Å². The Balaban J connectivity index is 1.92. The van der Waals surface area contributed by atoms with Crippen molar-refractivity contribution in [3.8, 4) is 23.0 Å². The van der Waals surface area contributed by atoms with Gasteiger partial charge in [0.25, 0.3) is 11.8 Å². The number of hydrogen-bond donors (Lipinski definition) is 6. The second-order valence-electron chi connectivity index (χ2n) is 13.9. The van der Waals surface area contributed by atoms with Crippen LogP contribution in [0.2, 0.25) is 0 Å². The van der Waals surface area contributed by atoms with Gasteiger partial charge >= 0.3 is 0 Å². The molecule has 55 heavy (non-hydrogen) atoms. The Bertz CT molecular complexity index is 1500. The fourth-order valence-corrected chi connectivity index (χ4v) is 5.93. The maximum atomic E-state index is 13.2. The van der Waals surface area contributed by atoms with Gasteiger partial charge < -0.3 is 24.6 Å². The molecule has 1 aromatic heterocycles. The number of aromatic hydroxyl groups is 2. The minimum absolute atomic E-state index is 0.0127. The number of benzene rings is 2. The summed E-state index contributed by atoms with van der Waals surface area (Å²) in [6, 6.07) is 9.04. The monoisotopic (exact) mass is 764 g/mol. The first-order valence-corrected chi connectivity index (χ1v) is 20.2. The fraction of sp³-hybridized carbons (Fsp3) is 0.585. The van der Waals surface area contributed by atoms with Crippen molar-refractivity contribution in [3.05, 3.63) is 47.5 Å². The summed E-state index contributed by atoms with van der Waals surface area (Å²) in [6.45, 7) is 15.4. The summed E-state index contributed by atoms with van der Waals surface area (Å²) in [6.07, 6.45) is 12.3. The first kappa shape index (κ1) is 44.4. The molecule has 0 aliphatic heterocycles. The zero-order valence-corrected chi connectivity index (χ0v) is 33.7. The molecule has 6 N–H and O–H groups in total. The van der Waals surface area contributed by atoms with E-state index in [0.717, 1.165) is 90.1 Å². The quantitative estimate of drug-likeness (QED) is 0.0323. The number of ether oxygens (including phenoxy) is 2. The summed E-state index contributed by atoms with van der Waals surface area (Å²) in [4.78, 5) is 42.5. The molecule has 2 aromatic carbocycles. The lowest BCUT2D eigenvalue weighted by Gasteiger charge is -2.31. The van der Waals surface area contributed by atoms with E-state index in [1.54, 1.807) is 12.1 Å². The zero-order chi connectivity index (χ0) is 40.0. The number of carbonyl (C=O) groups is 2. The molecular weight excluding hydrogens is 701 g/mol. The van der Waals surface area contributed by atoms with Crippen LogP contribution in [0.1, 0.15) is 139 Å². The van der Waals surface area contributed by atoms with Crippen LogP contribution >= 0.6 is 0 Å². The third-order valence-electron chi connectivity index (χ3n) is 9.49. The average Bonchev–Trinajstić information content (AvgIpc) is 3.18. The highest BCUT2D eigenvalue weighted by Crippen LogP contribution is 2.27. The molecule has 0 radical (unpaired) electrons. The molecular formula is C41H64N8O6. The van der Waals surface area contributed by atoms with Gasteiger partial charge in [-0.1, -0.05) is 92.9 Å². The molecule has 0 bridgehead atoms. The van der Waals surface area contributed by atoms with Crippen molar-refractivity contribution in [2.75, 3.05) is 42.1 Å². The molecule has 2 unspecified atom stereocenters. The van der Waals surface area contributed by atoms with Crippen LogP contribution in [0.4, 0.5) is 17.8 Å². The van der Waals surface area contributed by atoms with Crippen LogP contribution in [0.25, 0.3) is 0 Å². The largest absolute Gasteiger partial charge is 0.507 e. The number of unbranched alkanes of at least 4 members (excludes halogenated alkanes) is 4. The number of amides is 2. The van der Waals surface area contributed by atoms with Crippen molar-refractivity contribution in [1.82, 2.24) is 25.8 Å². The molecule has 2 atom stereocenters. The summed E-state index contributed by atoms with van der Waals surface area (Å²) in [5.41, 5.74) is 10.8. The summed E-state index contributed by atoms with van der Waals surface area (Å²) < 4.78 is 11.3. The molecule has 1 heterocycles. The highest BCUT2D eigenvalue weighted by atomic mass is 16.5. The summed E-state index contributed by atoms with van der Waals surface area (Å²) in [5.74, 6) is 0.435. The summed E-state index contributed by atoms with van der Waals surface area (Å²) in [5, 5.41) is 21.2. The van der Waals surface area contributed by atoms with E-state index in [4.69, 9.17) is 19.4 Å². The number of carbonyl (C=O) groups excluding carboxylic acids is 2. The van der Waals surface area contributed by atoms with Crippen LogP contribution in [0.3, 0.4) is 0 Å². The van der Waals surface area contributed by atoms with E-state index in [1.165, 1.54) is 24.3 Å². The van der Waals surface area contributed by atoms with E-state index >= 15 is 0 Å². The Morgan fingerprint density at radius 3 is 1.42 bits per heavy atom. The van der Waals surface area contributed by atoms with E-state index < -0.39 is 11.8 Å². The summed E-state index contributed by atoms with van der Waals surface area (Å²) in [7, 11) is 0. The number of hydrogen-bond acceptors (Lipinski definition) is 12. The Hall–Kier alpha value is -5.01. The SMILES string of the molecule is CCCCOc1ccc(C(=O)NNc2nc(NNC(=O)c3ccc(OCCCC)cc3O)nc(N(CC(CC)CCCC)CC(CC)CCCC)n2)c(O)c1. The van der Waals surface area contributed by atoms with Gasteiger partial charge in [0.1, 0.15) is 23.0 Å². The number of phenols is 2. The number of nitrogens with one attached hydrogen (secondary N) is 4. The summed E-state index contributed by atoms with van der Waals surface area (Å²) >= 11 is 0. The minimum Gasteiger partial charge on any atom is -0.507 e. The standard InChI is InChI=1S/C41H64N8O6/c1-7-13-17-29(11-5)27-49(28-30(12-6)18-14-8-2)41-43-39(47-45-37(52)33-21-19-31(25-35(33)50)54-23-15-9-3)42-40(44-41)48-46-38(53)34-22-20-32(26-36(34)51)55-24-16-10-4/h19-22,25-26,29-30,50-51H,7-18,23-24,27-28H2,1-6H3,(H,45,52)(H,46,53)(H2,42,43,44,47,48). The first-order valence-electron chi connectivity index (χ1n) is 20.2. The Labute approximate surface area is 327 Å². The smallest absolute Gasteiger partial charge is 0.273 e. The van der Waals surface area contributed by atoms with E-state index in [0.29, 0.717) is 42.5 Å². The van der Waals surface area contributed by atoms with E-state index in [2.05, 4.69) is 73.1 Å². The van der Waals surface area contributed by atoms with Gasteiger partial charge in [0.15, 0.2) is 0 Å². The van der Waals surface area contributed by atoms with Crippen LogP contribution in [-0.2, 0) is 0 Å². The number of nitrogens with zero attached hydrogens (tertiary/aromatic N) is 4. The van der Waals surface area contributed by atoms with Crippen molar-refractivity contribution in [1.29, 1.82) is 0 Å². The maximum absolute atomic E-state index is 13.2. The molecule has 304 valence electrons. The van der Waals surface area contributed by atoms with E-state index in [9.17, 15) is 19.8 Å². The average molecular weight is 765 g/mol. The van der Waals surface area contributed by atoms with Crippen LogP contribution in [0.5, 0.6) is 23.0 Å². The van der Waals surface area contributed by atoms with Crippen LogP contribution in [0, 0.1) is 11.8 Å². The fourth-order valence-electron chi connectivity index (χ4n) is 5.93. The van der Waals surface area contributed by atoms with Gasteiger partial charge in [-0.15, -0.1) is 0 Å². The maximum Gasteiger partial charge on any atom is 0.273 e. The van der Waals surface area contributed by atoms with Gasteiger partial charge in [-0.05, 0) is 61.8 Å². The number of anilines is 3. The Morgan fingerprint density at radius 1 is 0.636 bits per heavy atom. The van der Waals surface area contributed by atoms with Gasteiger partial charge in [-0.2, -0.15) is 15.0 Å². The van der Waals surface area contributed by atoms with Crippen molar-refractivity contribution in [2.45, 2.75) is 119 Å². The van der Waals surface area contributed by atoms with Crippen LogP contribution in [-0.4, -0.2) is 63.3 Å². The highest BCUT2D eigenvalue weighted by Gasteiger charge is 2.22. The molecule has 0 fully saturated rings. The highest BCUT2D eigenvalue weighted by molar-refractivity contribution is 5.98. The molecule has 3 aromatic rings. The second-order valence-corrected chi connectivity index (χ2v) is 13.9. The van der Waals surface area contributed by atoms with Crippen LogP contribution < -0.4 is 36.1 Å². The lowest BCUT2D eigenvalue weighted by molar-refractivity contribution is 0.0951. The molecule has 2 amide bonds. The zero-order valence-electron chi connectivity index (χ0n) is 33.7. The molecule has 0 aliphatic rings. The number of hydrazine groups is 2. The molecule has 0 spiro atoms. The minimum atomic E-state index is -0.618. The molecule has 14 heteroatoms. The van der Waals surface area contributed by atoms with Crippen molar-refractivity contribution >= 4 is 29.7 Å². The number of rotatable bonds is 27. The predicted octanol–water partition coefficient (Wildman–Crippen LogP) is 8.39. The number of aromatic nitrogens is 3. The molecule has 14 nitrogen and oxygen atoms in total. The molecule has 0 saturated heterocycles.